The Balaban J connectivity index is 1.99. The third-order valence-electron chi connectivity index (χ3n) is 4.61. The van der Waals surface area contributed by atoms with Gasteiger partial charge in [-0.1, -0.05) is 24.3 Å². The molecule has 1 atom stereocenters. The van der Waals surface area contributed by atoms with Crippen LogP contribution in [0, 0.1) is 12.3 Å². The number of rotatable bonds is 8. The number of para-hydroxylation sites is 1. The summed E-state index contributed by atoms with van der Waals surface area (Å²) in [7, 11) is 1.59. The molecule has 0 aliphatic carbocycles. The smallest absolute Gasteiger partial charge is 0.169 e. The normalized spacial score (nSPS) is 11.7. The molecule has 0 saturated carbocycles. The van der Waals surface area contributed by atoms with Crippen LogP contribution in [0.5, 0.6) is 17.2 Å². The minimum atomic E-state index is -0.228. The van der Waals surface area contributed by atoms with Crippen LogP contribution >= 0.6 is 0 Å². The van der Waals surface area contributed by atoms with Gasteiger partial charge in [0.1, 0.15) is 11.5 Å². The van der Waals surface area contributed by atoms with Gasteiger partial charge >= 0.3 is 0 Å². The number of carbonyl (C=O) groups excluding carboxylic acids is 1. The third kappa shape index (κ3) is 4.11. The lowest BCUT2D eigenvalue weighted by molar-refractivity contribution is -0.117. The molecule has 1 unspecified atom stereocenters. The van der Waals surface area contributed by atoms with Crippen LogP contribution in [-0.4, -0.2) is 29.3 Å². The van der Waals surface area contributed by atoms with Crippen molar-refractivity contribution in [3.05, 3.63) is 71.0 Å². The molecule has 144 valence electrons. The Kier molecular flexibility index (Phi) is 5.89. The number of aromatic nitrogens is 2. The zero-order chi connectivity index (χ0) is 20.1. The average Bonchev–Trinajstić information content (AvgIpc) is 3.16. The van der Waals surface area contributed by atoms with Crippen LogP contribution in [0.15, 0.2) is 48.7 Å². The van der Waals surface area contributed by atoms with E-state index < -0.39 is 0 Å². The number of ketones is 1. The monoisotopic (exact) mass is 377 g/mol. The van der Waals surface area contributed by atoms with E-state index in [4.69, 9.17) is 14.9 Å². The maximum atomic E-state index is 11.9. The molecular formula is C22H23N3O3. The van der Waals surface area contributed by atoms with E-state index in [0.29, 0.717) is 23.6 Å². The van der Waals surface area contributed by atoms with Crippen molar-refractivity contribution >= 4 is 12.0 Å². The van der Waals surface area contributed by atoms with E-state index in [1.165, 1.54) is 6.21 Å². The molecule has 0 amide bonds. The van der Waals surface area contributed by atoms with Gasteiger partial charge in [0.15, 0.2) is 11.5 Å². The van der Waals surface area contributed by atoms with E-state index in [2.05, 4.69) is 10.2 Å². The Morgan fingerprint density at radius 1 is 1.21 bits per heavy atom. The topological polar surface area (TPSA) is 88.1 Å². The van der Waals surface area contributed by atoms with Gasteiger partial charge in [-0.25, -0.2) is 0 Å². The van der Waals surface area contributed by atoms with Gasteiger partial charge in [-0.05, 0) is 43.2 Å². The highest BCUT2D eigenvalue weighted by Gasteiger charge is 2.22. The van der Waals surface area contributed by atoms with Crippen molar-refractivity contribution in [1.82, 2.24) is 10.2 Å². The number of aryl methyl sites for hydroxylation is 1. The fourth-order valence-electron chi connectivity index (χ4n) is 3.17. The van der Waals surface area contributed by atoms with Gasteiger partial charge in [0.2, 0.25) is 0 Å². The molecule has 0 spiro atoms. The van der Waals surface area contributed by atoms with Crippen molar-refractivity contribution in [3.63, 3.8) is 0 Å². The summed E-state index contributed by atoms with van der Waals surface area (Å²) < 4.78 is 11.6. The second-order valence-electron chi connectivity index (χ2n) is 6.62. The lowest BCUT2D eigenvalue weighted by Crippen LogP contribution is -2.08. The highest BCUT2D eigenvalue weighted by molar-refractivity contribution is 5.80. The number of benzene rings is 2. The Hall–Kier alpha value is -3.41. The molecule has 1 aromatic heterocycles. The van der Waals surface area contributed by atoms with Gasteiger partial charge < -0.3 is 14.9 Å². The first kappa shape index (κ1) is 19.4. The molecule has 0 fully saturated rings. The molecule has 0 aliphatic heterocycles. The molecule has 3 aromatic rings. The van der Waals surface area contributed by atoms with Gasteiger partial charge in [-0.15, -0.1) is 0 Å². The van der Waals surface area contributed by atoms with E-state index in [1.807, 2.05) is 49.4 Å². The van der Waals surface area contributed by atoms with Crippen LogP contribution in [0.3, 0.4) is 0 Å². The summed E-state index contributed by atoms with van der Waals surface area (Å²) >= 11 is 0. The molecule has 0 saturated heterocycles. The number of H-pyrrole nitrogens is 1. The van der Waals surface area contributed by atoms with E-state index in [0.717, 1.165) is 22.4 Å². The van der Waals surface area contributed by atoms with E-state index in [1.54, 1.807) is 20.2 Å². The number of ether oxygens (including phenoxy) is 2. The molecule has 6 heteroatoms. The van der Waals surface area contributed by atoms with Gasteiger partial charge in [-0.3, -0.25) is 9.89 Å². The first-order valence-electron chi connectivity index (χ1n) is 8.98. The number of Topliss-reactive ketones (excluding diaryl/α,β-unsaturated/α-hetero) is 1. The lowest BCUT2D eigenvalue weighted by Gasteiger charge is -2.18. The summed E-state index contributed by atoms with van der Waals surface area (Å²) in [6.45, 7) is 3.54. The summed E-state index contributed by atoms with van der Waals surface area (Å²) in [6.07, 6.45) is 3.18. The van der Waals surface area contributed by atoms with Crippen LogP contribution in [-0.2, 0) is 4.79 Å². The fraction of sp³-hybridized carbons (Fsp3) is 0.227. The predicted molar refractivity (Wildman–Crippen MR) is 108 cm³/mol. The van der Waals surface area contributed by atoms with Gasteiger partial charge in [0.25, 0.3) is 0 Å². The Morgan fingerprint density at radius 2 is 2.00 bits per heavy atom. The second kappa shape index (κ2) is 8.52. The molecule has 3 rings (SSSR count). The van der Waals surface area contributed by atoms with Crippen LogP contribution in [0.25, 0.3) is 0 Å². The Morgan fingerprint density at radius 3 is 2.68 bits per heavy atom. The largest absolute Gasteiger partial charge is 0.493 e. The summed E-state index contributed by atoms with van der Waals surface area (Å²) in [5.41, 5.74) is 3.32. The van der Waals surface area contributed by atoms with Crippen molar-refractivity contribution < 1.29 is 14.3 Å². The van der Waals surface area contributed by atoms with Crippen molar-refractivity contribution in [1.29, 1.82) is 5.41 Å². The number of methoxy groups -OCH3 is 1. The van der Waals surface area contributed by atoms with E-state index in [-0.39, 0.29) is 11.7 Å². The van der Waals surface area contributed by atoms with Gasteiger partial charge in [0.05, 0.1) is 19.0 Å². The molecular weight excluding hydrogens is 354 g/mol. The molecule has 2 aromatic carbocycles. The molecule has 2 N–H and O–H groups in total. The minimum Gasteiger partial charge on any atom is -0.493 e. The second-order valence-corrected chi connectivity index (χ2v) is 6.62. The Bertz CT molecular complexity index is 994. The number of hydrogen-bond acceptors (Lipinski definition) is 5. The van der Waals surface area contributed by atoms with Gasteiger partial charge in [0, 0.05) is 24.1 Å². The first-order valence-corrected chi connectivity index (χ1v) is 8.98. The van der Waals surface area contributed by atoms with Crippen LogP contribution < -0.4 is 9.47 Å². The number of aromatic amines is 1. The first-order chi connectivity index (χ1) is 13.5. The summed E-state index contributed by atoms with van der Waals surface area (Å²) in [5.74, 6) is 1.76. The lowest BCUT2D eigenvalue weighted by atomic mass is 9.87. The Labute approximate surface area is 164 Å². The average molecular weight is 377 g/mol. The molecule has 0 aliphatic rings. The maximum absolute atomic E-state index is 11.9. The van der Waals surface area contributed by atoms with Crippen molar-refractivity contribution in [2.75, 3.05) is 7.11 Å². The molecule has 28 heavy (non-hydrogen) atoms. The summed E-state index contributed by atoms with van der Waals surface area (Å²) in [4.78, 5) is 11.9. The highest BCUT2D eigenvalue weighted by atomic mass is 16.5. The number of nitrogens with one attached hydrogen (secondary N) is 2. The van der Waals surface area contributed by atoms with Crippen molar-refractivity contribution in [2.45, 2.75) is 26.2 Å². The number of hydrogen-bond donors (Lipinski definition) is 2. The third-order valence-corrected chi connectivity index (χ3v) is 4.61. The van der Waals surface area contributed by atoms with E-state index in [9.17, 15) is 4.79 Å². The quantitative estimate of drug-likeness (QED) is 0.560. The fourth-order valence-corrected chi connectivity index (χ4v) is 3.17. The van der Waals surface area contributed by atoms with Crippen LogP contribution in [0.4, 0.5) is 0 Å². The summed E-state index contributed by atoms with van der Waals surface area (Å²) in [6, 6.07) is 13.4. The standard InChI is InChI=1S/C22H23N3O3/c1-14-6-4-5-7-20(14)28-21-9-8-16(11-22(21)27-3)17(10-15(2)26)18-13-24-25-19(18)12-23/h4-9,11-13,17,23H,10H2,1-3H3,(H,24,25). The van der Waals surface area contributed by atoms with Gasteiger partial charge in [-0.2, -0.15) is 5.10 Å². The molecule has 1 heterocycles. The number of carbonyl (C=O) groups is 1. The predicted octanol–water partition coefficient (Wildman–Crippen LogP) is 4.63. The van der Waals surface area contributed by atoms with E-state index >= 15 is 0 Å². The van der Waals surface area contributed by atoms with Crippen LogP contribution in [0.1, 0.15) is 41.6 Å². The van der Waals surface area contributed by atoms with Crippen LogP contribution in [0.2, 0.25) is 0 Å². The minimum absolute atomic E-state index is 0.0568. The number of nitrogens with zero attached hydrogens (tertiary/aromatic N) is 1. The SMILES string of the molecule is COc1cc(C(CC(C)=O)c2cn[nH]c2C=N)ccc1Oc1ccccc1C. The summed E-state index contributed by atoms with van der Waals surface area (Å²) in [5, 5.41) is 14.4. The highest BCUT2D eigenvalue weighted by Crippen LogP contribution is 2.38. The zero-order valence-corrected chi connectivity index (χ0v) is 16.2. The zero-order valence-electron chi connectivity index (χ0n) is 16.2. The molecule has 0 radical (unpaired) electrons. The molecule has 0 bridgehead atoms. The maximum Gasteiger partial charge on any atom is 0.169 e. The van der Waals surface area contributed by atoms with Crippen molar-refractivity contribution in [3.8, 4) is 17.2 Å². The van der Waals surface area contributed by atoms with Crippen molar-refractivity contribution in [2.24, 2.45) is 0 Å². The molecule has 6 nitrogen and oxygen atoms in total.